The molecule has 0 aliphatic rings. The van der Waals surface area contributed by atoms with Gasteiger partial charge >= 0.3 is 6.41 Å². The minimum atomic E-state index is -0.0464. The van der Waals surface area contributed by atoms with Gasteiger partial charge in [-0.3, -0.25) is 9.63 Å². The molecule has 0 saturated carbocycles. The summed E-state index contributed by atoms with van der Waals surface area (Å²) in [6.45, 7) is 0. The molecule has 3 nitrogen and oxygen atoms in total. The number of alkyl halides is 1. The zero-order chi connectivity index (χ0) is 4.83. The van der Waals surface area contributed by atoms with Crippen molar-refractivity contribution < 1.29 is 9.63 Å². The Morgan fingerprint density at radius 2 is 2.67 bits per heavy atom. The zero-order valence-corrected chi connectivity index (χ0v) is 3.66. The van der Waals surface area contributed by atoms with Crippen molar-refractivity contribution in [2.45, 2.75) is 0 Å². The van der Waals surface area contributed by atoms with Gasteiger partial charge in [-0.25, -0.2) is 5.48 Å². The van der Waals surface area contributed by atoms with Crippen LogP contribution in [0, 0.1) is 0 Å². The van der Waals surface area contributed by atoms with Crippen molar-refractivity contribution in [3.63, 3.8) is 0 Å². The molecular formula is C2H3ClNO2. The fourth-order valence-corrected chi connectivity index (χ4v) is 0.111. The van der Waals surface area contributed by atoms with Crippen LogP contribution in [0.2, 0.25) is 0 Å². The standard InChI is InChI=1S/C2H3ClNO2/c3-1-6-4-2-5/h1H2,(H,4,5). The molecule has 1 amide bonds. The first-order valence-electron chi connectivity index (χ1n) is 1.21. The van der Waals surface area contributed by atoms with Crippen LogP contribution in [0.25, 0.3) is 0 Å². The van der Waals surface area contributed by atoms with Crippen molar-refractivity contribution in [2.24, 2.45) is 0 Å². The van der Waals surface area contributed by atoms with Crippen molar-refractivity contribution >= 4 is 18.0 Å². The molecule has 0 spiro atoms. The summed E-state index contributed by atoms with van der Waals surface area (Å²) in [6, 6.07) is -0.0464. The fourth-order valence-electron chi connectivity index (χ4n) is 0.0567. The van der Waals surface area contributed by atoms with Gasteiger partial charge in [0.1, 0.15) is 6.07 Å². The van der Waals surface area contributed by atoms with Gasteiger partial charge in [0.15, 0.2) is 0 Å². The van der Waals surface area contributed by atoms with E-state index in [-0.39, 0.29) is 6.07 Å². The molecular weight excluding hydrogens is 105 g/mol. The van der Waals surface area contributed by atoms with Gasteiger partial charge in [0.05, 0.1) is 0 Å². The smallest absolute Gasteiger partial charge is 0.261 e. The summed E-state index contributed by atoms with van der Waals surface area (Å²) < 4.78 is 0. The molecule has 0 bridgehead atoms. The van der Waals surface area contributed by atoms with Crippen molar-refractivity contribution in [2.75, 3.05) is 6.07 Å². The monoisotopic (exact) mass is 108 g/mol. The molecule has 0 rings (SSSR count). The molecule has 0 heterocycles. The van der Waals surface area contributed by atoms with E-state index in [9.17, 15) is 0 Å². The van der Waals surface area contributed by atoms with Gasteiger partial charge in [-0.2, -0.15) is 0 Å². The highest BCUT2D eigenvalue weighted by molar-refractivity contribution is 6.17. The second-order valence-corrected chi connectivity index (χ2v) is 0.676. The van der Waals surface area contributed by atoms with Gasteiger partial charge in [-0.05, 0) is 0 Å². The van der Waals surface area contributed by atoms with Crippen LogP contribution in [0.1, 0.15) is 0 Å². The Morgan fingerprint density at radius 3 is 2.83 bits per heavy atom. The molecule has 0 atom stereocenters. The summed E-state index contributed by atoms with van der Waals surface area (Å²) in [5.74, 6) is 0. The van der Waals surface area contributed by atoms with Crippen LogP contribution < -0.4 is 5.48 Å². The molecule has 0 aliphatic carbocycles. The van der Waals surface area contributed by atoms with Crippen LogP contribution >= 0.6 is 11.6 Å². The highest BCUT2D eigenvalue weighted by Crippen LogP contribution is 1.67. The predicted molar refractivity (Wildman–Crippen MR) is 20.6 cm³/mol. The maximum absolute atomic E-state index is 9.14. The van der Waals surface area contributed by atoms with Crippen LogP contribution in [0.5, 0.6) is 0 Å². The lowest BCUT2D eigenvalue weighted by Gasteiger charge is -1.86. The summed E-state index contributed by atoms with van der Waals surface area (Å²) in [5, 5.41) is 0. The zero-order valence-electron chi connectivity index (χ0n) is 2.90. The Balaban J connectivity index is 2.49. The SMILES string of the molecule is O=[C]NOCCl. The van der Waals surface area contributed by atoms with E-state index in [4.69, 9.17) is 16.4 Å². The average Bonchev–Trinajstić information content (AvgIpc) is 1.61. The lowest BCUT2D eigenvalue weighted by molar-refractivity contribution is 0.123. The van der Waals surface area contributed by atoms with Gasteiger partial charge in [-0.15, -0.1) is 0 Å². The van der Waals surface area contributed by atoms with Crippen LogP contribution in [0.3, 0.4) is 0 Å². The first-order chi connectivity index (χ1) is 2.91. The van der Waals surface area contributed by atoms with E-state index in [0.29, 0.717) is 0 Å². The van der Waals surface area contributed by atoms with E-state index >= 15 is 0 Å². The van der Waals surface area contributed by atoms with Gasteiger partial charge < -0.3 is 0 Å². The lowest BCUT2D eigenvalue weighted by atomic mass is 11.4. The van der Waals surface area contributed by atoms with E-state index in [1.54, 1.807) is 5.48 Å². The number of hydroxylamine groups is 1. The predicted octanol–water partition coefficient (Wildman–Crippen LogP) is -0.229. The second kappa shape index (κ2) is 4.72. The number of hydrogen-bond acceptors (Lipinski definition) is 2. The summed E-state index contributed by atoms with van der Waals surface area (Å²) in [4.78, 5) is 13.2. The van der Waals surface area contributed by atoms with E-state index < -0.39 is 0 Å². The van der Waals surface area contributed by atoms with E-state index in [0.717, 1.165) is 0 Å². The third-order valence-electron chi connectivity index (χ3n) is 0.168. The molecule has 0 saturated heterocycles. The second-order valence-electron chi connectivity index (χ2n) is 0.458. The molecule has 35 valence electrons. The van der Waals surface area contributed by atoms with Crippen LogP contribution in [-0.4, -0.2) is 12.5 Å². The molecule has 1 N–H and O–H groups in total. The first-order valence-corrected chi connectivity index (χ1v) is 1.75. The van der Waals surface area contributed by atoms with Crippen molar-refractivity contribution in [1.29, 1.82) is 0 Å². The van der Waals surface area contributed by atoms with E-state index in [1.165, 1.54) is 6.41 Å². The number of nitrogens with one attached hydrogen (secondary N) is 1. The fraction of sp³-hybridized carbons (Fsp3) is 0.500. The molecule has 0 aromatic heterocycles. The Bertz CT molecular complexity index is 40.5. The third kappa shape index (κ3) is 3.72. The maximum Gasteiger partial charge on any atom is 0.335 e. The Hall–Kier alpha value is -0.280. The average molecular weight is 109 g/mol. The van der Waals surface area contributed by atoms with Crippen LogP contribution in [0.4, 0.5) is 0 Å². The molecule has 0 aliphatic heterocycles. The Kier molecular flexibility index (Phi) is 4.50. The summed E-state index contributed by atoms with van der Waals surface area (Å²) in [6.07, 6.45) is 1.26. The normalized spacial score (nSPS) is 7.50. The highest BCUT2D eigenvalue weighted by Gasteiger charge is 1.71. The number of hydrogen-bond donors (Lipinski definition) is 1. The summed E-state index contributed by atoms with van der Waals surface area (Å²) in [7, 11) is 0. The molecule has 4 heteroatoms. The molecule has 1 radical (unpaired) electrons. The van der Waals surface area contributed by atoms with Crippen LogP contribution in [-0.2, 0) is 9.63 Å². The third-order valence-corrected chi connectivity index (χ3v) is 0.277. The van der Waals surface area contributed by atoms with Gasteiger partial charge in [0, 0.05) is 0 Å². The highest BCUT2D eigenvalue weighted by atomic mass is 35.5. The first kappa shape index (κ1) is 5.72. The number of rotatable bonds is 3. The van der Waals surface area contributed by atoms with Gasteiger partial charge in [0.25, 0.3) is 0 Å². The summed E-state index contributed by atoms with van der Waals surface area (Å²) >= 11 is 4.92. The molecule has 0 fully saturated rings. The number of halogens is 1. The lowest BCUT2D eigenvalue weighted by Crippen LogP contribution is -2.09. The quantitative estimate of drug-likeness (QED) is 0.235. The van der Waals surface area contributed by atoms with Gasteiger partial charge in [-0.1, -0.05) is 11.6 Å². The number of carbonyl (C=O) groups excluding carboxylic acids is 1. The van der Waals surface area contributed by atoms with Gasteiger partial charge in [0.2, 0.25) is 0 Å². The van der Waals surface area contributed by atoms with E-state index in [1.807, 2.05) is 0 Å². The largest absolute Gasteiger partial charge is 0.335 e. The topological polar surface area (TPSA) is 38.3 Å². The minimum absolute atomic E-state index is 0.0464. The maximum atomic E-state index is 9.14. The Morgan fingerprint density at radius 1 is 2.00 bits per heavy atom. The minimum Gasteiger partial charge on any atom is -0.261 e. The molecule has 0 aromatic carbocycles. The number of amides is 1. The van der Waals surface area contributed by atoms with Crippen molar-refractivity contribution in [1.82, 2.24) is 5.48 Å². The molecule has 6 heavy (non-hydrogen) atoms. The molecule has 0 unspecified atom stereocenters. The summed E-state index contributed by atoms with van der Waals surface area (Å²) in [5.41, 5.74) is 1.76. The van der Waals surface area contributed by atoms with Crippen LogP contribution in [0.15, 0.2) is 0 Å². The van der Waals surface area contributed by atoms with Crippen molar-refractivity contribution in [3.05, 3.63) is 0 Å². The van der Waals surface area contributed by atoms with E-state index in [2.05, 4.69) is 4.84 Å². The van der Waals surface area contributed by atoms with Crippen molar-refractivity contribution in [3.8, 4) is 0 Å². The Labute approximate surface area is 40.2 Å². The molecule has 0 aromatic rings.